The lowest BCUT2D eigenvalue weighted by atomic mass is 10.0. The molecule has 0 spiro atoms. The van der Waals surface area contributed by atoms with Crippen LogP contribution in [0.2, 0.25) is 5.02 Å². The minimum atomic E-state index is 0.0405. The lowest BCUT2D eigenvalue weighted by Crippen LogP contribution is -2.12. The second-order valence-electron chi connectivity index (χ2n) is 5.38. The molecule has 0 unspecified atom stereocenters. The number of nitrogens with one attached hydrogen (secondary N) is 1. The number of anilines is 1. The van der Waals surface area contributed by atoms with Crippen LogP contribution in [-0.4, -0.2) is 11.7 Å². The van der Waals surface area contributed by atoms with Gasteiger partial charge >= 0.3 is 0 Å². The molecule has 0 bridgehead atoms. The fourth-order valence-corrected chi connectivity index (χ4v) is 2.94. The van der Waals surface area contributed by atoms with Crippen LogP contribution in [-0.2, 0) is 4.79 Å². The molecule has 0 atom stereocenters. The molecule has 0 saturated heterocycles. The van der Waals surface area contributed by atoms with E-state index in [-0.39, 0.29) is 5.91 Å². The van der Waals surface area contributed by atoms with Crippen molar-refractivity contribution >= 4 is 35.0 Å². The number of hydrogen-bond donors (Lipinski definition) is 1. The van der Waals surface area contributed by atoms with Gasteiger partial charge in [-0.1, -0.05) is 37.6 Å². The molecule has 1 N–H and O–H groups in total. The maximum atomic E-state index is 11.9. The predicted molar refractivity (Wildman–Crippen MR) is 96.0 cm³/mol. The van der Waals surface area contributed by atoms with Crippen LogP contribution in [0.25, 0.3) is 0 Å². The van der Waals surface area contributed by atoms with Crippen LogP contribution in [0.15, 0.2) is 53.4 Å². The van der Waals surface area contributed by atoms with E-state index in [0.29, 0.717) is 12.3 Å². The first kappa shape index (κ1) is 16.9. The van der Waals surface area contributed by atoms with Crippen molar-refractivity contribution in [1.29, 1.82) is 0 Å². The van der Waals surface area contributed by atoms with E-state index in [4.69, 9.17) is 11.6 Å². The molecule has 116 valence electrons. The summed E-state index contributed by atoms with van der Waals surface area (Å²) in [6.45, 7) is 4.31. The van der Waals surface area contributed by atoms with Crippen LogP contribution >= 0.6 is 23.4 Å². The second kappa shape index (κ2) is 8.25. The third kappa shape index (κ3) is 5.39. The molecule has 0 aliphatic heterocycles. The zero-order valence-corrected chi connectivity index (χ0v) is 14.4. The maximum Gasteiger partial charge on any atom is 0.225 e. The molecule has 2 aromatic carbocycles. The number of thioether (sulfide) groups is 1. The quantitative estimate of drug-likeness (QED) is 0.699. The number of halogens is 1. The lowest BCUT2D eigenvalue weighted by molar-refractivity contribution is -0.115. The first-order valence-electron chi connectivity index (χ1n) is 7.33. The Hall–Kier alpha value is -1.45. The van der Waals surface area contributed by atoms with Crippen LogP contribution in [0.4, 0.5) is 5.69 Å². The van der Waals surface area contributed by atoms with Gasteiger partial charge in [0.05, 0.1) is 0 Å². The molecule has 0 fully saturated rings. The maximum absolute atomic E-state index is 11.9. The average molecular weight is 334 g/mol. The fourth-order valence-electron chi connectivity index (χ4n) is 1.97. The predicted octanol–water partition coefficient (Wildman–Crippen LogP) is 5.58. The van der Waals surface area contributed by atoms with Crippen molar-refractivity contribution in [2.75, 3.05) is 11.1 Å². The SMILES string of the molecule is CC(C)c1ccc(NC(=O)CCSc2ccc(Cl)cc2)cc1. The van der Waals surface area contributed by atoms with Crippen LogP contribution < -0.4 is 5.32 Å². The van der Waals surface area contributed by atoms with Crippen LogP contribution in [0.3, 0.4) is 0 Å². The van der Waals surface area contributed by atoms with Gasteiger partial charge in [0.1, 0.15) is 0 Å². The Morgan fingerprint density at radius 1 is 1.09 bits per heavy atom. The third-order valence-electron chi connectivity index (χ3n) is 3.27. The van der Waals surface area contributed by atoms with Crippen LogP contribution in [0.1, 0.15) is 31.7 Å². The smallest absolute Gasteiger partial charge is 0.225 e. The number of carbonyl (C=O) groups excluding carboxylic acids is 1. The van der Waals surface area contributed by atoms with E-state index < -0.39 is 0 Å². The van der Waals surface area contributed by atoms with Gasteiger partial charge in [-0.15, -0.1) is 11.8 Å². The van der Waals surface area contributed by atoms with E-state index >= 15 is 0 Å². The van der Waals surface area contributed by atoms with Crippen LogP contribution in [0, 0.1) is 0 Å². The first-order valence-corrected chi connectivity index (χ1v) is 8.69. The van der Waals surface area contributed by atoms with Gasteiger partial charge in [-0.25, -0.2) is 0 Å². The monoisotopic (exact) mass is 333 g/mol. The zero-order chi connectivity index (χ0) is 15.9. The average Bonchev–Trinajstić information content (AvgIpc) is 2.50. The normalized spacial score (nSPS) is 10.7. The molecule has 4 heteroatoms. The molecule has 0 radical (unpaired) electrons. The molecule has 22 heavy (non-hydrogen) atoms. The Morgan fingerprint density at radius 3 is 2.32 bits per heavy atom. The standard InChI is InChI=1S/C18H20ClNOS/c1-13(2)14-3-7-16(8-4-14)20-18(21)11-12-22-17-9-5-15(19)6-10-17/h3-10,13H,11-12H2,1-2H3,(H,20,21). The Bertz CT molecular complexity index is 608. The summed E-state index contributed by atoms with van der Waals surface area (Å²) in [4.78, 5) is 13.1. The summed E-state index contributed by atoms with van der Waals surface area (Å²) in [5, 5.41) is 3.66. The molecule has 1 amide bonds. The van der Waals surface area contributed by atoms with Gasteiger partial charge in [0.25, 0.3) is 0 Å². The van der Waals surface area contributed by atoms with E-state index in [1.165, 1.54) is 5.56 Å². The third-order valence-corrected chi connectivity index (χ3v) is 4.54. The minimum Gasteiger partial charge on any atom is -0.326 e. The summed E-state index contributed by atoms with van der Waals surface area (Å²) in [5.41, 5.74) is 2.13. The minimum absolute atomic E-state index is 0.0405. The Labute approximate surface area is 141 Å². The summed E-state index contributed by atoms with van der Waals surface area (Å²) < 4.78 is 0. The largest absolute Gasteiger partial charge is 0.326 e. The van der Waals surface area contributed by atoms with Crippen LogP contribution in [0.5, 0.6) is 0 Å². The fraction of sp³-hybridized carbons (Fsp3) is 0.278. The second-order valence-corrected chi connectivity index (χ2v) is 6.98. The Balaban J connectivity index is 1.76. The van der Waals surface area contributed by atoms with Gasteiger partial charge in [-0.05, 0) is 47.9 Å². The van der Waals surface area contributed by atoms with Crippen molar-refractivity contribution in [3.8, 4) is 0 Å². The van der Waals surface area contributed by atoms with Crippen molar-refractivity contribution in [2.45, 2.75) is 31.1 Å². The molecule has 2 rings (SSSR count). The Kier molecular flexibility index (Phi) is 6.34. The highest BCUT2D eigenvalue weighted by Gasteiger charge is 2.04. The Morgan fingerprint density at radius 2 is 1.73 bits per heavy atom. The van der Waals surface area contributed by atoms with Crippen molar-refractivity contribution in [1.82, 2.24) is 0 Å². The lowest BCUT2D eigenvalue weighted by Gasteiger charge is -2.08. The molecule has 2 nitrogen and oxygen atoms in total. The topological polar surface area (TPSA) is 29.1 Å². The molecule has 0 heterocycles. The van der Waals surface area contributed by atoms with E-state index in [1.807, 2.05) is 36.4 Å². The first-order chi connectivity index (χ1) is 10.5. The number of benzene rings is 2. The zero-order valence-electron chi connectivity index (χ0n) is 12.8. The summed E-state index contributed by atoms with van der Waals surface area (Å²) in [6.07, 6.45) is 0.485. The van der Waals surface area contributed by atoms with Gasteiger partial charge in [0.2, 0.25) is 5.91 Å². The number of amides is 1. The van der Waals surface area contributed by atoms with Gasteiger partial charge in [0.15, 0.2) is 0 Å². The number of rotatable bonds is 6. The van der Waals surface area contributed by atoms with Gasteiger partial charge in [-0.3, -0.25) is 4.79 Å². The molecule has 0 aliphatic rings. The summed E-state index contributed by atoms with van der Waals surface area (Å²) in [5.74, 6) is 1.29. The van der Waals surface area contributed by atoms with E-state index in [1.54, 1.807) is 11.8 Å². The van der Waals surface area contributed by atoms with Crippen molar-refractivity contribution in [3.63, 3.8) is 0 Å². The molecular formula is C18H20ClNOS. The molecule has 0 aliphatic carbocycles. The molecule has 2 aromatic rings. The molecule has 0 saturated carbocycles. The summed E-state index contributed by atoms with van der Waals surface area (Å²) in [7, 11) is 0. The summed E-state index contributed by atoms with van der Waals surface area (Å²) >= 11 is 7.50. The highest BCUT2D eigenvalue weighted by atomic mass is 35.5. The molecular weight excluding hydrogens is 314 g/mol. The summed E-state index contributed by atoms with van der Waals surface area (Å²) in [6, 6.07) is 15.7. The van der Waals surface area contributed by atoms with Gasteiger partial charge in [0, 0.05) is 27.8 Å². The van der Waals surface area contributed by atoms with Gasteiger partial charge < -0.3 is 5.32 Å². The highest BCUT2D eigenvalue weighted by Crippen LogP contribution is 2.21. The van der Waals surface area contributed by atoms with Gasteiger partial charge in [-0.2, -0.15) is 0 Å². The van der Waals surface area contributed by atoms with E-state index in [0.717, 1.165) is 21.4 Å². The highest BCUT2D eigenvalue weighted by molar-refractivity contribution is 7.99. The van der Waals surface area contributed by atoms with Crippen molar-refractivity contribution < 1.29 is 4.79 Å². The van der Waals surface area contributed by atoms with Crippen molar-refractivity contribution in [2.24, 2.45) is 0 Å². The van der Waals surface area contributed by atoms with Crippen molar-refractivity contribution in [3.05, 3.63) is 59.1 Å². The number of hydrogen-bond acceptors (Lipinski definition) is 2. The van der Waals surface area contributed by atoms with E-state index in [9.17, 15) is 4.79 Å². The van der Waals surface area contributed by atoms with E-state index in [2.05, 4.69) is 31.3 Å². The number of carbonyl (C=O) groups is 1. The molecule has 0 aromatic heterocycles.